The van der Waals surface area contributed by atoms with E-state index >= 15 is 0 Å². The van der Waals surface area contributed by atoms with Gasteiger partial charge in [0.15, 0.2) is 5.75 Å². The molecule has 2 aromatic heterocycles. The fourth-order valence-corrected chi connectivity index (χ4v) is 2.28. The van der Waals surface area contributed by atoms with Crippen LogP contribution in [0.15, 0.2) is 40.9 Å². The maximum Gasteiger partial charge on any atom is 0.306 e. The zero-order chi connectivity index (χ0) is 17.1. The zero-order valence-electron chi connectivity index (χ0n) is 12.1. The Morgan fingerprint density at radius 2 is 2.08 bits per heavy atom. The highest BCUT2D eigenvalue weighted by molar-refractivity contribution is 6.32. The van der Waals surface area contributed by atoms with Crippen LogP contribution in [0.2, 0.25) is 10.0 Å². The molecule has 0 aliphatic rings. The van der Waals surface area contributed by atoms with Crippen LogP contribution in [0.5, 0.6) is 5.75 Å². The van der Waals surface area contributed by atoms with Crippen LogP contribution in [0.4, 0.5) is 0 Å². The molecule has 0 radical (unpaired) electrons. The molecule has 0 atom stereocenters. The quantitative estimate of drug-likeness (QED) is 0.745. The van der Waals surface area contributed by atoms with Gasteiger partial charge >= 0.3 is 11.8 Å². The Balaban J connectivity index is 1.75. The lowest BCUT2D eigenvalue weighted by Crippen LogP contribution is -2.10. The van der Waals surface area contributed by atoms with Gasteiger partial charge in [0, 0.05) is 5.02 Å². The maximum atomic E-state index is 11.0. The Labute approximate surface area is 146 Å². The Bertz CT molecular complexity index is 898. The van der Waals surface area contributed by atoms with Gasteiger partial charge in [-0.25, -0.2) is 4.98 Å². The van der Waals surface area contributed by atoms with Crippen molar-refractivity contribution in [1.29, 1.82) is 0 Å². The van der Waals surface area contributed by atoms with Crippen molar-refractivity contribution in [1.82, 2.24) is 15.2 Å². The summed E-state index contributed by atoms with van der Waals surface area (Å²) in [4.78, 5) is 15.1. The lowest BCUT2D eigenvalue weighted by Gasteiger charge is -2.08. The standard InChI is InChI=1S/C15H10Cl2N4O3/c16-9-3-1-2-8(4-9)7-23-12-6-19-11(5-10(12)17)14-20-21-15(24-14)13(18)22/h1-6H,7H2,(H2,18,22). The number of amides is 1. The summed E-state index contributed by atoms with van der Waals surface area (Å²) in [5.41, 5.74) is 6.25. The van der Waals surface area contributed by atoms with E-state index in [2.05, 4.69) is 15.2 Å². The number of benzene rings is 1. The first-order valence-corrected chi connectivity index (χ1v) is 7.45. The molecule has 122 valence electrons. The van der Waals surface area contributed by atoms with Crippen molar-refractivity contribution < 1.29 is 13.9 Å². The predicted octanol–water partition coefficient (Wildman–Crippen LogP) is 3.12. The van der Waals surface area contributed by atoms with E-state index in [9.17, 15) is 4.79 Å². The molecule has 24 heavy (non-hydrogen) atoms. The largest absolute Gasteiger partial charge is 0.486 e. The number of nitrogens with zero attached hydrogens (tertiary/aromatic N) is 3. The minimum Gasteiger partial charge on any atom is -0.486 e. The molecular weight excluding hydrogens is 355 g/mol. The van der Waals surface area contributed by atoms with E-state index in [4.69, 9.17) is 38.1 Å². The summed E-state index contributed by atoms with van der Waals surface area (Å²) >= 11 is 12.1. The van der Waals surface area contributed by atoms with Gasteiger partial charge in [-0.05, 0) is 23.8 Å². The molecule has 0 bridgehead atoms. The van der Waals surface area contributed by atoms with Crippen molar-refractivity contribution >= 4 is 29.1 Å². The van der Waals surface area contributed by atoms with Crippen molar-refractivity contribution in [3.8, 4) is 17.3 Å². The number of hydrogen-bond donors (Lipinski definition) is 1. The molecule has 0 aliphatic carbocycles. The Morgan fingerprint density at radius 3 is 2.75 bits per heavy atom. The molecule has 1 amide bonds. The van der Waals surface area contributed by atoms with Gasteiger partial charge in [0.1, 0.15) is 12.3 Å². The minimum absolute atomic E-state index is 0.0343. The predicted molar refractivity (Wildman–Crippen MR) is 86.8 cm³/mol. The molecule has 0 aliphatic heterocycles. The number of carbonyl (C=O) groups is 1. The summed E-state index contributed by atoms with van der Waals surface area (Å²) in [6.45, 7) is 0.285. The molecular formula is C15H10Cl2N4O3. The van der Waals surface area contributed by atoms with E-state index in [-0.39, 0.29) is 18.4 Å². The molecule has 2 N–H and O–H groups in total. The Kier molecular flexibility index (Phi) is 4.64. The second-order valence-electron chi connectivity index (χ2n) is 4.70. The summed E-state index contributed by atoms with van der Waals surface area (Å²) in [6, 6.07) is 8.77. The van der Waals surface area contributed by atoms with Crippen LogP contribution in [0, 0.1) is 0 Å². The lowest BCUT2D eigenvalue weighted by molar-refractivity contribution is 0.0968. The van der Waals surface area contributed by atoms with Crippen molar-refractivity contribution in [2.45, 2.75) is 6.61 Å². The minimum atomic E-state index is -0.818. The number of nitrogens with two attached hydrogens (primary N) is 1. The molecule has 9 heteroatoms. The third-order valence-electron chi connectivity index (χ3n) is 2.96. The van der Waals surface area contributed by atoms with Crippen molar-refractivity contribution in [2.75, 3.05) is 0 Å². The van der Waals surface area contributed by atoms with Gasteiger partial charge in [0.2, 0.25) is 0 Å². The molecule has 1 aromatic carbocycles. The third-order valence-corrected chi connectivity index (χ3v) is 3.49. The maximum absolute atomic E-state index is 11.0. The first-order chi connectivity index (χ1) is 11.5. The summed E-state index contributed by atoms with van der Waals surface area (Å²) in [6.07, 6.45) is 1.43. The Hall–Kier alpha value is -2.64. The van der Waals surface area contributed by atoms with Crippen molar-refractivity contribution in [3.05, 3.63) is 58.0 Å². The molecule has 0 fully saturated rings. The average Bonchev–Trinajstić information content (AvgIpc) is 3.04. The number of ether oxygens (including phenoxy) is 1. The SMILES string of the molecule is NC(=O)c1nnc(-c2cc(Cl)c(OCc3cccc(Cl)c3)cn2)o1. The number of rotatable bonds is 5. The van der Waals surface area contributed by atoms with E-state index < -0.39 is 5.91 Å². The summed E-state index contributed by atoms with van der Waals surface area (Å²) in [5, 5.41) is 8.13. The number of aromatic nitrogens is 3. The summed E-state index contributed by atoms with van der Waals surface area (Å²) in [7, 11) is 0. The topological polar surface area (TPSA) is 104 Å². The smallest absolute Gasteiger partial charge is 0.306 e. The zero-order valence-corrected chi connectivity index (χ0v) is 13.6. The molecule has 0 unspecified atom stereocenters. The fourth-order valence-electron chi connectivity index (χ4n) is 1.86. The van der Waals surface area contributed by atoms with E-state index in [1.165, 1.54) is 12.3 Å². The molecule has 0 spiro atoms. The van der Waals surface area contributed by atoms with Crippen molar-refractivity contribution in [2.24, 2.45) is 5.73 Å². The Morgan fingerprint density at radius 1 is 1.25 bits per heavy atom. The highest BCUT2D eigenvalue weighted by Gasteiger charge is 2.15. The van der Waals surface area contributed by atoms with Crippen LogP contribution >= 0.6 is 23.2 Å². The fraction of sp³-hybridized carbons (Fsp3) is 0.0667. The van der Waals surface area contributed by atoms with Crippen LogP contribution in [0.25, 0.3) is 11.6 Å². The first-order valence-electron chi connectivity index (χ1n) is 6.69. The summed E-state index contributed by atoms with van der Waals surface area (Å²) < 4.78 is 10.7. The van der Waals surface area contributed by atoms with Gasteiger partial charge in [-0.2, -0.15) is 0 Å². The molecule has 2 heterocycles. The number of hydrogen-bond acceptors (Lipinski definition) is 6. The van der Waals surface area contributed by atoms with Gasteiger partial charge in [0.25, 0.3) is 5.89 Å². The van der Waals surface area contributed by atoms with E-state index in [0.29, 0.717) is 21.5 Å². The average molecular weight is 365 g/mol. The second kappa shape index (κ2) is 6.86. The monoisotopic (exact) mass is 364 g/mol. The molecule has 3 rings (SSSR count). The van der Waals surface area contributed by atoms with E-state index in [1.807, 2.05) is 12.1 Å². The van der Waals surface area contributed by atoms with E-state index in [1.54, 1.807) is 12.1 Å². The normalized spacial score (nSPS) is 10.6. The molecule has 0 saturated heterocycles. The number of primary amides is 1. The van der Waals surface area contributed by atoms with Gasteiger partial charge in [0.05, 0.1) is 11.2 Å². The first kappa shape index (κ1) is 16.2. The van der Waals surface area contributed by atoms with Gasteiger partial charge in [-0.15, -0.1) is 10.2 Å². The van der Waals surface area contributed by atoms with Gasteiger partial charge in [-0.3, -0.25) is 4.79 Å². The summed E-state index contributed by atoms with van der Waals surface area (Å²) in [5.74, 6) is -0.701. The van der Waals surface area contributed by atoms with Gasteiger partial charge in [-0.1, -0.05) is 35.3 Å². The molecule has 3 aromatic rings. The van der Waals surface area contributed by atoms with Gasteiger partial charge < -0.3 is 14.9 Å². The molecule has 0 saturated carbocycles. The second-order valence-corrected chi connectivity index (χ2v) is 5.54. The highest BCUT2D eigenvalue weighted by atomic mass is 35.5. The third kappa shape index (κ3) is 3.64. The van der Waals surface area contributed by atoms with Crippen LogP contribution in [-0.4, -0.2) is 21.1 Å². The lowest BCUT2D eigenvalue weighted by atomic mass is 10.2. The molecule has 7 nitrogen and oxygen atoms in total. The van der Waals surface area contributed by atoms with Crippen molar-refractivity contribution in [3.63, 3.8) is 0 Å². The van der Waals surface area contributed by atoms with E-state index in [0.717, 1.165) is 5.56 Å². The van der Waals surface area contributed by atoms with Crippen LogP contribution in [0.3, 0.4) is 0 Å². The number of pyridine rings is 1. The van der Waals surface area contributed by atoms with Crippen LogP contribution in [0.1, 0.15) is 16.2 Å². The number of halogens is 2. The van der Waals surface area contributed by atoms with Crippen LogP contribution in [-0.2, 0) is 6.61 Å². The number of carbonyl (C=O) groups excluding carboxylic acids is 1. The highest BCUT2D eigenvalue weighted by Crippen LogP contribution is 2.28. The van der Waals surface area contributed by atoms with Crippen LogP contribution < -0.4 is 10.5 Å².